The Morgan fingerprint density at radius 1 is 1.11 bits per heavy atom. The Balaban J connectivity index is 0.000000771. The highest BCUT2D eigenvalue weighted by Crippen LogP contribution is 2.18. The largest absolute Gasteiger partial charge is 0.383 e. The average molecular weight is 244 g/mol. The van der Waals surface area contributed by atoms with E-state index in [0.717, 1.165) is 23.3 Å². The zero-order valence-corrected chi connectivity index (χ0v) is 12.1. The van der Waals surface area contributed by atoms with Gasteiger partial charge in [0.2, 0.25) is 0 Å². The van der Waals surface area contributed by atoms with Gasteiger partial charge in [0.25, 0.3) is 0 Å². The molecule has 1 aromatic carbocycles. The van der Waals surface area contributed by atoms with Crippen LogP contribution in [0.3, 0.4) is 0 Å². The molecular formula is C16H24N2. The minimum atomic E-state index is 0.459. The van der Waals surface area contributed by atoms with Crippen molar-refractivity contribution < 1.29 is 0 Å². The van der Waals surface area contributed by atoms with Crippen molar-refractivity contribution in [2.75, 3.05) is 5.32 Å². The number of pyridine rings is 1. The van der Waals surface area contributed by atoms with Gasteiger partial charge in [-0.25, -0.2) is 0 Å². The van der Waals surface area contributed by atoms with Gasteiger partial charge in [0.1, 0.15) is 0 Å². The van der Waals surface area contributed by atoms with Crippen molar-refractivity contribution in [3.8, 4) is 0 Å². The first kappa shape index (κ1) is 14.5. The number of nitrogens with one attached hydrogen (secondary N) is 1. The van der Waals surface area contributed by atoms with Crippen LogP contribution in [0, 0.1) is 0 Å². The maximum absolute atomic E-state index is 4.59. The first-order valence-electron chi connectivity index (χ1n) is 6.85. The normalized spacial score (nSPS) is 10.1. The van der Waals surface area contributed by atoms with E-state index in [4.69, 9.17) is 0 Å². The highest BCUT2D eigenvalue weighted by molar-refractivity contribution is 5.82. The van der Waals surface area contributed by atoms with Crippen LogP contribution in [0.2, 0.25) is 0 Å². The van der Waals surface area contributed by atoms with Gasteiger partial charge in [-0.05, 0) is 44.5 Å². The van der Waals surface area contributed by atoms with Crippen LogP contribution in [0.4, 0.5) is 5.69 Å². The molecule has 1 aromatic heterocycles. The molecule has 0 atom stereocenters. The molecule has 0 aliphatic rings. The minimum Gasteiger partial charge on any atom is -0.383 e. The summed E-state index contributed by atoms with van der Waals surface area (Å²) in [5, 5.41) is 4.59. The molecule has 0 aliphatic heterocycles. The molecule has 1 N–H and O–H groups in total. The summed E-state index contributed by atoms with van der Waals surface area (Å²) in [6.07, 6.45) is 0.988. The lowest BCUT2D eigenvalue weighted by Crippen LogP contribution is -2.09. The molecule has 2 aromatic rings. The van der Waals surface area contributed by atoms with E-state index >= 15 is 0 Å². The maximum atomic E-state index is 4.59. The third-order valence-electron chi connectivity index (χ3n) is 2.56. The number of benzene rings is 1. The molecule has 2 nitrogen and oxygen atoms in total. The summed E-state index contributed by atoms with van der Waals surface area (Å²) in [6, 6.07) is 11.0. The van der Waals surface area contributed by atoms with E-state index in [1.54, 1.807) is 0 Å². The topological polar surface area (TPSA) is 24.9 Å². The van der Waals surface area contributed by atoms with Crippen LogP contribution in [-0.4, -0.2) is 11.0 Å². The van der Waals surface area contributed by atoms with E-state index in [0.29, 0.717) is 6.04 Å². The maximum Gasteiger partial charge on any atom is 0.0706 e. The molecule has 0 bridgehead atoms. The summed E-state index contributed by atoms with van der Waals surface area (Å²) in [6.45, 7) is 10.4. The minimum absolute atomic E-state index is 0.459. The molecule has 2 rings (SSSR count). The molecule has 0 saturated carbocycles. The second kappa shape index (κ2) is 7.00. The summed E-state index contributed by atoms with van der Waals surface area (Å²) in [5.74, 6) is 0. The van der Waals surface area contributed by atoms with Crippen LogP contribution < -0.4 is 5.32 Å². The molecule has 1 heterocycles. The third-order valence-corrected chi connectivity index (χ3v) is 2.56. The standard InChI is InChI=1S/C14H18N2.C2H6/c1-4-12-6-5-11-9-13(15-10(2)3)7-8-14(11)16-12;1-2/h5-10,15H,4H2,1-3H3;1-2H3. The van der Waals surface area contributed by atoms with Crippen molar-refractivity contribution in [3.05, 3.63) is 36.0 Å². The quantitative estimate of drug-likeness (QED) is 0.850. The smallest absolute Gasteiger partial charge is 0.0706 e. The van der Waals surface area contributed by atoms with Crippen molar-refractivity contribution in [2.45, 2.75) is 47.1 Å². The highest BCUT2D eigenvalue weighted by atomic mass is 14.9. The van der Waals surface area contributed by atoms with E-state index in [1.165, 1.54) is 5.39 Å². The van der Waals surface area contributed by atoms with Gasteiger partial charge in [-0.3, -0.25) is 4.98 Å². The van der Waals surface area contributed by atoms with Crippen molar-refractivity contribution in [3.63, 3.8) is 0 Å². The van der Waals surface area contributed by atoms with Crippen LogP contribution in [0.1, 0.15) is 40.3 Å². The van der Waals surface area contributed by atoms with Gasteiger partial charge in [0.15, 0.2) is 0 Å². The molecule has 0 amide bonds. The Morgan fingerprint density at radius 3 is 2.44 bits per heavy atom. The number of hydrogen-bond donors (Lipinski definition) is 1. The van der Waals surface area contributed by atoms with Gasteiger partial charge in [-0.1, -0.05) is 26.8 Å². The van der Waals surface area contributed by atoms with Crippen LogP contribution in [0.25, 0.3) is 10.9 Å². The van der Waals surface area contributed by atoms with E-state index < -0.39 is 0 Å². The van der Waals surface area contributed by atoms with Crippen molar-refractivity contribution in [1.29, 1.82) is 0 Å². The predicted molar refractivity (Wildman–Crippen MR) is 81.2 cm³/mol. The van der Waals surface area contributed by atoms with Crippen LogP contribution >= 0.6 is 0 Å². The fraction of sp³-hybridized carbons (Fsp3) is 0.438. The van der Waals surface area contributed by atoms with E-state index in [2.05, 4.69) is 61.4 Å². The first-order chi connectivity index (χ1) is 8.69. The number of aromatic nitrogens is 1. The van der Waals surface area contributed by atoms with Gasteiger partial charge >= 0.3 is 0 Å². The molecular weight excluding hydrogens is 220 g/mol. The van der Waals surface area contributed by atoms with Crippen LogP contribution in [-0.2, 0) is 6.42 Å². The summed E-state index contributed by atoms with van der Waals surface area (Å²) in [4.78, 5) is 4.59. The van der Waals surface area contributed by atoms with Gasteiger partial charge in [-0.15, -0.1) is 0 Å². The van der Waals surface area contributed by atoms with Gasteiger partial charge < -0.3 is 5.32 Å². The lowest BCUT2D eigenvalue weighted by Gasteiger charge is -2.10. The molecule has 0 spiro atoms. The number of fused-ring (bicyclic) bond motifs is 1. The summed E-state index contributed by atoms with van der Waals surface area (Å²) in [5.41, 5.74) is 3.39. The number of hydrogen-bond acceptors (Lipinski definition) is 2. The number of anilines is 1. The molecule has 18 heavy (non-hydrogen) atoms. The molecule has 0 aliphatic carbocycles. The van der Waals surface area contributed by atoms with Gasteiger partial charge in [0.05, 0.1) is 5.52 Å². The van der Waals surface area contributed by atoms with Gasteiger partial charge in [-0.2, -0.15) is 0 Å². The molecule has 0 fully saturated rings. The molecule has 2 heteroatoms. The number of nitrogens with zero attached hydrogens (tertiary/aromatic N) is 1. The van der Waals surface area contributed by atoms with E-state index in [1.807, 2.05) is 13.8 Å². The fourth-order valence-electron chi connectivity index (χ4n) is 1.79. The van der Waals surface area contributed by atoms with Gasteiger partial charge in [0, 0.05) is 22.8 Å². The lowest BCUT2D eigenvalue weighted by atomic mass is 10.1. The van der Waals surface area contributed by atoms with Crippen LogP contribution in [0.5, 0.6) is 0 Å². The first-order valence-corrected chi connectivity index (χ1v) is 6.85. The van der Waals surface area contributed by atoms with Crippen molar-refractivity contribution in [1.82, 2.24) is 4.98 Å². The second-order valence-corrected chi connectivity index (χ2v) is 4.36. The lowest BCUT2D eigenvalue weighted by molar-refractivity contribution is 0.900. The zero-order chi connectivity index (χ0) is 13.5. The Kier molecular flexibility index (Phi) is 5.63. The number of aryl methyl sites for hydroxylation is 1. The third kappa shape index (κ3) is 3.73. The van der Waals surface area contributed by atoms with E-state index in [9.17, 15) is 0 Å². The molecule has 0 unspecified atom stereocenters. The van der Waals surface area contributed by atoms with E-state index in [-0.39, 0.29) is 0 Å². The Labute approximate surface area is 110 Å². The van der Waals surface area contributed by atoms with Crippen molar-refractivity contribution >= 4 is 16.6 Å². The predicted octanol–water partition coefficient (Wildman–Crippen LogP) is 4.64. The summed E-state index contributed by atoms with van der Waals surface area (Å²) in [7, 11) is 0. The average Bonchev–Trinajstić information content (AvgIpc) is 2.39. The number of rotatable bonds is 3. The Hall–Kier alpha value is -1.57. The SMILES string of the molecule is CC.CCc1ccc2cc(NC(C)C)ccc2n1. The molecule has 0 radical (unpaired) electrons. The Bertz CT molecular complexity index is 489. The molecule has 98 valence electrons. The van der Waals surface area contributed by atoms with Crippen LogP contribution in [0.15, 0.2) is 30.3 Å². The zero-order valence-electron chi connectivity index (χ0n) is 12.1. The summed E-state index contributed by atoms with van der Waals surface area (Å²) >= 11 is 0. The monoisotopic (exact) mass is 244 g/mol. The second-order valence-electron chi connectivity index (χ2n) is 4.36. The highest BCUT2D eigenvalue weighted by Gasteiger charge is 2.00. The molecule has 0 saturated heterocycles. The van der Waals surface area contributed by atoms with Crippen molar-refractivity contribution in [2.24, 2.45) is 0 Å². The fourth-order valence-corrected chi connectivity index (χ4v) is 1.79. The summed E-state index contributed by atoms with van der Waals surface area (Å²) < 4.78 is 0. The Morgan fingerprint density at radius 2 is 1.83 bits per heavy atom.